The zero-order valence-electron chi connectivity index (χ0n) is 12.1. The van der Waals surface area contributed by atoms with E-state index < -0.39 is 0 Å². The molecule has 0 spiro atoms. The Hall–Kier alpha value is -1.06. The molecule has 0 aromatic carbocycles. The Balaban J connectivity index is 3.38. The lowest BCUT2D eigenvalue weighted by Crippen LogP contribution is -2.32. The van der Waals surface area contributed by atoms with Crippen LogP contribution >= 0.6 is 0 Å². The molecule has 0 fully saturated rings. The van der Waals surface area contributed by atoms with Gasteiger partial charge >= 0.3 is 0 Å². The van der Waals surface area contributed by atoms with Crippen LogP contribution in [0.3, 0.4) is 0 Å². The molecule has 0 aliphatic rings. The lowest BCUT2D eigenvalue weighted by atomic mass is 10.1. The lowest BCUT2D eigenvalue weighted by molar-refractivity contribution is -0.122. The van der Waals surface area contributed by atoms with Crippen molar-refractivity contribution in [3.63, 3.8) is 0 Å². The van der Waals surface area contributed by atoms with Crippen LogP contribution in [0.4, 0.5) is 0 Å². The molecule has 0 aromatic heterocycles. The quantitative estimate of drug-likeness (QED) is 0.590. The van der Waals surface area contributed by atoms with Gasteiger partial charge in [-0.15, -0.1) is 0 Å². The first-order chi connectivity index (χ1) is 8.60. The van der Waals surface area contributed by atoms with Gasteiger partial charge < -0.3 is 10.6 Å². The molecule has 0 aromatic rings. The van der Waals surface area contributed by atoms with Gasteiger partial charge in [-0.05, 0) is 26.2 Å². The van der Waals surface area contributed by atoms with Gasteiger partial charge in [-0.2, -0.15) is 0 Å². The summed E-state index contributed by atoms with van der Waals surface area (Å²) in [5.74, 6) is 0.253. The van der Waals surface area contributed by atoms with Crippen LogP contribution in [0, 0.1) is 0 Å². The highest BCUT2D eigenvalue weighted by Gasteiger charge is 2.05. The average molecular weight is 256 g/mol. The Morgan fingerprint density at radius 1 is 1.00 bits per heavy atom. The minimum Gasteiger partial charge on any atom is -0.359 e. The molecule has 0 radical (unpaired) electrons. The van der Waals surface area contributed by atoms with Crippen LogP contribution in [0.1, 0.15) is 65.2 Å². The van der Waals surface area contributed by atoms with Crippen molar-refractivity contribution in [1.82, 2.24) is 10.6 Å². The monoisotopic (exact) mass is 256 g/mol. The molecular weight excluding hydrogens is 228 g/mol. The number of carbonyl (C=O) groups excluding carboxylic acids is 2. The largest absolute Gasteiger partial charge is 0.359 e. The zero-order chi connectivity index (χ0) is 13.8. The number of nitrogens with one attached hydrogen (secondary N) is 2. The second-order valence-electron chi connectivity index (χ2n) is 4.84. The van der Waals surface area contributed by atoms with E-state index in [4.69, 9.17) is 0 Å². The number of amides is 2. The highest BCUT2D eigenvalue weighted by molar-refractivity contribution is 5.76. The molecule has 4 heteroatoms. The number of hydrogen-bond acceptors (Lipinski definition) is 2. The first-order valence-corrected chi connectivity index (χ1v) is 7.10. The van der Waals surface area contributed by atoms with Crippen molar-refractivity contribution < 1.29 is 9.59 Å². The van der Waals surface area contributed by atoms with Crippen LogP contribution in [0.5, 0.6) is 0 Å². The summed E-state index contributed by atoms with van der Waals surface area (Å²) in [6.07, 6.45) is 7.20. The van der Waals surface area contributed by atoms with Gasteiger partial charge in [0.2, 0.25) is 11.8 Å². The summed E-state index contributed by atoms with van der Waals surface area (Å²) in [5, 5.41) is 5.60. The second-order valence-corrected chi connectivity index (χ2v) is 4.84. The normalized spacial score (nSPS) is 11.9. The van der Waals surface area contributed by atoms with Crippen LogP contribution in [0.25, 0.3) is 0 Å². The SMILES string of the molecule is CCCC(C)NC(=O)CCCCCCC(=O)NC. The molecule has 2 amide bonds. The van der Waals surface area contributed by atoms with Crippen LogP contribution in [-0.2, 0) is 9.59 Å². The van der Waals surface area contributed by atoms with Gasteiger partial charge in [-0.25, -0.2) is 0 Å². The Bertz CT molecular complexity index is 242. The third-order valence-electron chi connectivity index (χ3n) is 2.97. The fraction of sp³-hybridized carbons (Fsp3) is 0.857. The number of carbonyl (C=O) groups is 2. The summed E-state index contributed by atoms with van der Waals surface area (Å²) in [5.41, 5.74) is 0. The van der Waals surface area contributed by atoms with Crippen LogP contribution in [-0.4, -0.2) is 24.9 Å². The Morgan fingerprint density at radius 3 is 2.06 bits per heavy atom. The van der Waals surface area contributed by atoms with E-state index in [1.54, 1.807) is 7.05 Å². The summed E-state index contributed by atoms with van der Waals surface area (Å²) >= 11 is 0. The van der Waals surface area contributed by atoms with Gasteiger partial charge in [-0.3, -0.25) is 9.59 Å². The second kappa shape index (κ2) is 11.1. The van der Waals surface area contributed by atoms with Gasteiger partial charge in [0.25, 0.3) is 0 Å². The molecule has 0 aliphatic carbocycles. The summed E-state index contributed by atoms with van der Waals surface area (Å²) in [4.78, 5) is 22.5. The maximum atomic E-state index is 11.5. The minimum absolute atomic E-state index is 0.0983. The van der Waals surface area contributed by atoms with E-state index in [1.807, 2.05) is 6.92 Å². The van der Waals surface area contributed by atoms with Crippen molar-refractivity contribution in [2.75, 3.05) is 7.05 Å². The van der Waals surface area contributed by atoms with Crippen LogP contribution in [0.2, 0.25) is 0 Å². The summed E-state index contributed by atoms with van der Waals surface area (Å²) in [7, 11) is 1.66. The van der Waals surface area contributed by atoms with Gasteiger partial charge in [-0.1, -0.05) is 26.2 Å². The topological polar surface area (TPSA) is 58.2 Å². The molecule has 0 heterocycles. The van der Waals surface area contributed by atoms with Crippen LogP contribution in [0.15, 0.2) is 0 Å². The van der Waals surface area contributed by atoms with Gasteiger partial charge in [0, 0.05) is 25.9 Å². The van der Waals surface area contributed by atoms with E-state index in [0.29, 0.717) is 12.8 Å². The predicted octanol–water partition coefficient (Wildman–Crippen LogP) is 2.38. The molecule has 0 rings (SSSR count). The minimum atomic E-state index is 0.0983. The van der Waals surface area contributed by atoms with Crippen molar-refractivity contribution in [3.05, 3.63) is 0 Å². The Morgan fingerprint density at radius 2 is 1.56 bits per heavy atom. The van der Waals surface area contributed by atoms with Crippen molar-refractivity contribution in [3.8, 4) is 0 Å². The van der Waals surface area contributed by atoms with E-state index >= 15 is 0 Å². The van der Waals surface area contributed by atoms with Crippen molar-refractivity contribution >= 4 is 11.8 Å². The molecule has 106 valence electrons. The molecule has 4 nitrogen and oxygen atoms in total. The summed E-state index contributed by atoms with van der Waals surface area (Å²) in [6, 6.07) is 0.288. The van der Waals surface area contributed by atoms with E-state index in [0.717, 1.165) is 38.5 Å². The maximum absolute atomic E-state index is 11.5. The fourth-order valence-corrected chi connectivity index (χ4v) is 1.90. The summed E-state index contributed by atoms with van der Waals surface area (Å²) in [6.45, 7) is 4.17. The standard InChI is InChI=1S/C14H28N2O2/c1-4-9-12(2)16-14(18)11-8-6-5-7-10-13(17)15-3/h12H,4-11H2,1-3H3,(H,15,17)(H,16,18). The predicted molar refractivity (Wildman–Crippen MR) is 74.3 cm³/mol. The molecule has 1 unspecified atom stereocenters. The van der Waals surface area contributed by atoms with Gasteiger partial charge in [0.1, 0.15) is 0 Å². The van der Waals surface area contributed by atoms with E-state index in [9.17, 15) is 9.59 Å². The number of hydrogen-bond donors (Lipinski definition) is 2. The van der Waals surface area contributed by atoms with E-state index in [1.165, 1.54) is 0 Å². The molecule has 1 atom stereocenters. The molecule has 2 N–H and O–H groups in total. The molecule has 0 saturated heterocycles. The average Bonchev–Trinajstić information content (AvgIpc) is 2.33. The molecule has 18 heavy (non-hydrogen) atoms. The van der Waals surface area contributed by atoms with Gasteiger partial charge in [0.15, 0.2) is 0 Å². The Kier molecular flexibility index (Phi) is 10.4. The number of rotatable bonds is 10. The highest BCUT2D eigenvalue weighted by atomic mass is 16.2. The molecule has 0 aliphatic heterocycles. The van der Waals surface area contributed by atoms with Gasteiger partial charge in [0.05, 0.1) is 0 Å². The third kappa shape index (κ3) is 10.1. The van der Waals surface area contributed by atoms with Crippen LogP contribution < -0.4 is 10.6 Å². The number of unbranched alkanes of at least 4 members (excludes halogenated alkanes) is 3. The Labute approximate surface area is 111 Å². The summed E-state index contributed by atoms with van der Waals surface area (Å²) < 4.78 is 0. The van der Waals surface area contributed by atoms with Crippen molar-refractivity contribution in [2.45, 2.75) is 71.3 Å². The smallest absolute Gasteiger partial charge is 0.220 e. The fourth-order valence-electron chi connectivity index (χ4n) is 1.90. The molecule has 0 bridgehead atoms. The highest BCUT2D eigenvalue weighted by Crippen LogP contribution is 2.06. The van der Waals surface area contributed by atoms with Crippen molar-refractivity contribution in [1.29, 1.82) is 0 Å². The first kappa shape index (κ1) is 16.9. The van der Waals surface area contributed by atoms with E-state index in [-0.39, 0.29) is 17.9 Å². The maximum Gasteiger partial charge on any atom is 0.220 e. The van der Waals surface area contributed by atoms with E-state index in [2.05, 4.69) is 17.6 Å². The zero-order valence-corrected chi connectivity index (χ0v) is 12.1. The molecular formula is C14H28N2O2. The van der Waals surface area contributed by atoms with Crippen molar-refractivity contribution in [2.24, 2.45) is 0 Å². The molecule has 0 saturated carbocycles. The first-order valence-electron chi connectivity index (χ1n) is 7.10. The third-order valence-corrected chi connectivity index (χ3v) is 2.97. The lowest BCUT2D eigenvalue weighted by Gasteiger charge is -2.12.